The molecule has 0 fully saturated rings. The van der Waals surface area contributed by atoms with Gasteiger partial charge >= 0.3 is 0 Å². The van der Waals surface area contributed by atoms with Gasteiger partial charge in [0.15, 0.2) is 22.5 Å². The molecule has 0 aliphatic heterocycles. The van der Waals surface area contributed by atoms with E-state index in [0.29, 0.717) is 11.0 Å². The molecule has 3 heterocycles. The summed E-state index contributed by atoms with van der Waals surface area (Å²) >= 11 is 5.82. The minimum absolute atomic E-state index is 0.240. The van der Waals surface area contributed by atoms with Gasteiger partial charge in [-0.05, 0) is 49.7 Å². The second-order valence-electron chi connectivity index (χ2n) is 4.35. The van der Waals surface area contributed by atoms with Crippen LogP contribution in [0.2, 0.25) is 5.22 Å². The molecule has 0 unspecified atom stereocenters. The fourth-order valence-electron chi connectivity index (χ4n) is 2.03. The lowest BCUT2D eigenvalue weighted by molar-refractivity contribution is 0.557. The van der Waals surface area contributed by atoms with Crippen LogP contribution in [0.4, 0.5) is 0 Å². The Bertz CT molecular complexity index is 699. The third-order valence-electron chi connectivity index (χ3n) is 2.76. The lowest BCUT2D eigenvalue weighted by atomic mass is 10.3. The quantitative estimate of drug-likeness (QED) is 0.702. The minimum atomic E-state index is 0.240. The zero-order valence-corrected chi connectivity index (χ0v) is 10.8. The van der Waals surface area contributed by atoms with Crippen LogP contribution in [0, 0.1) is 0 Å². The number of furan rings is 1. The highest BCUT2D eigenvalue weighted by Gasteiger charge is 2.17. The molecule has 0 aromatic carbocycles. The van der Waals surface area contributed by atoms with E-state index >= 15 is 0 Å². The Hall–Kier alpha value is -1.81. The normalized spacial score (nSPS) is 11.6. The molecule has 0 radical (unpaired) electrons. The first-order valence-electron chi connectivity index (χ1n) is 5.75. The Labute approximate surface area is 109 Å². The van der Waals surface area contributed by atoms with Crippen molar-refractivity contribution in [3.63, 3.8) is 0 Å². The largest absolute Gasteiger partial charge is 0.441 e. The summed E-state index contributed by atoms with van der Waals surface area (Å²) in [4.78, 5) is 8.95. The molecule has 0 amide bonds. The van der Waals surface area contributed by atoms with Gasteiger partial charge in [0.1, 0.15) is 5.52 Å². The Morgan fingerprint density at radius 3 is 2.78 bits per heavy atom. The van der Waals surface area contributed by atoms with Crippen LogP contribution in [0.5, 0.6) is 0 Å². The van der Waals surface area contributed by atoms with Gasteiger partial charge in [-0.3, -0.25) is 0 Å². The van der Waals surface area contributed by atoms with Gasteiger partial charge in [-0.1, -0.05) is 0 Å². The van der Waals surface area contributed by atoms with Gasteiger partial charge in [-0.15, -0.1) is 0 Å². The highest BCUT2D eigenvalue weighted by molar-refractivity contribution is 6.28. The average molecular weight is 262 g/mol. The molecule has 0 N–H and O–H groups in total. The number of imidazole rings is 1. The third kappa shape index (κ3) is 1.69. The van der Waals surface area contributed by atoms with Crippen LogP contribution in [-0.2, 0) is 0 Å². The van der Waals surface area contributed by atoms with Crippen molar-refractivity contribution in [2.75, 3.05) is 0 Å². The molecule has 0 aliphatic rings. The lowest BCUT2D eigenvalue weighted by Crippen LogP contribution is -2.03. The van der Waals surface area contributed by atoms with Crippen molar-refractivity contribution in [2.24, 2.45) is 0 Å². The SMILES string of the molecule is CC(C)n1c(-c2ccc(Cl)o2)nc2cccnc21. The molecule has 18 heavy (non-hydrogen) atoms. The van der Waals surface area contributed by atoms with E-state index < -0.39 is 0 Å². The van der Waals surface area contributed by atoms with Crippen molar-refractivity contribution >= 4 is 22.8 Å². The maximum absolute atomic E-state index is 5.82. The van der Waals surface area contributed by atoms with Crippen LogP contribution < -0.4 is 0 Å². The van der Waals surface area contributed by atoms with Gasteiger partial charge in [0.25, 0.3) is 0 Å². The predicted molar refractivity (Wildman–Crippen MR) is 70.6 cm³/mol. The number of fused-ring (bicyclic) bond motifs is 1. The van der Waals surface area contributed by atoms with Crippen molar-refractivity contribution in [3.8, 4) is 11.6 Å². The summed E-state index contributed by atoms with van der Waals surface area (Å²) < 4.78 is 7.49. The number of halogens is 1. The molecule has 0 spiro atoms. The van der Waals surface area contributed by atoms with Crippen molar-refractivity contribution in [3.05, 3.63) is 35.7 Å². The molecule has 3 rings (SSSR count). The molecule has 0 saturated carbocycles. The first-order chi connectivity index (χ1) is 8.66. The van der Waals surface area contributed by atoms with Gasteiger partial charge in [-0.2, -0.15) is 0 Å². The Balaban J connectivity index is 2.31. The number of nitrogens with zero attached hydrogens (tertiary/aromatic N) is 3. The van der Waals surface area contributed by atoms with E-state index in [1.807, 2.05) is 22.8 Å². The predicted octanol–water partition coefficient (Wildman–Crippen LogP) is 3.93. The second kappa shape index (κ2) is 4.14. The number of pyridine rings is 1. The van der Waals surface area contributed by atoms with Crippen molar-refractivity contribution in [1.82, 2.24) is 14.5 Å². The summed E-state index contributed by atoms with van der Waals surface area (Å²) in [5.41, 5.74) is 1.71. The topological polar surface area (TPSA) is 43.9 Å². The molecule has 0 bridgehead atoms. The van der Waals surface area contributed by atoms with E-state index in [1.54, 1.807) is 12.3 Å². The zero-order valence-electron chi connectivity index (χ0n) is 10.1. The number of hydrogen-bond donors (Lipinski definition) is 0. The molecule has 4 nitrogen and oxygen atoms in total. The van der Waals surface area contributed by atoms with Crippen LogP contribution in [0.15, 0.2) is 34.9 Å². The number of rotatable bonds is 2. The Morgan fingerprint density at radius 2 is 2.11 bits per heavy atom. The summed E-state index contributed by atoms with van der Waals surface area (Å²) in [7, 11) is 0. The summed E-state index contributed by atoms with van der Waals surface area (Å²) in [5, 5.41) is 0.361. The number of hydrogen-bond acceptors (Lipinski definition) is 3. The van der Waals surface area contributed by atoms with Crippen molar-refractivity contribution in [2.45, 2.75) is 19.9 Å². The summed E-state index contributed by atoms with van der Waals surface area (Å²) in [6.45, 7) is 4.17. The zero-order chi connectivity index (χ0) is 12.7. The van der Waals surface area contributed by atoms with E-state index in [9.17, 15) is 0 Å². The van der Waals surface area contributed by atoms with Gasteiger partial charge in [0.2, 0.25) is 0 Å². The van der Waals surface area contributed by atoms with Crippen LogP contribution in [-0.4, -0.2) is 14.5 Å². The minimum Gasteiger partial charge on any atom is -0.441 e. The van der Waals surface area contributed by atoms with Crippen molar-refractivity contribution < 1.29 is 4.42 Å². The molecule has 92 valence electrons. The molecule has 3 aromatic rings. The fraction of sp³-hybridized carbons (Fsp3) is 0.231. The van der Waals surface area contributed by atoms with Crippen molar-refractivity contribution in [1.29, 1.82) is 0 Å². The maximum Gasteiger partial charge on any atom is 0.194 e. The second-order valence-corrected chi connectivity index (χ2v) is 4.72. The standard InChI is InChI=1S/C13H12ClN3O/c1-8(2)17-12-9(4-3-7-15-12)16-13(17)10-5-6-11(14)18-10/h3-8H,1-2H3. The molecule has 5 heteroatoms. The first kappa shape index (κ1) is 11.3. The molecule has 3 aromatic heterocycles. The van der Waals surface area contributed by atoms with Crippen LogP contribution in [0.3, 0.4) is 0 Å². The highest BCUT2D eigenvalue weighted by atomic mass is 35.5. The number of aromatic nitrogens is 3. The lowest BCUT2D eigenvalue weighted by Gasteiger charge is -2.10. The van der Waals surface area contributed by atoms with Gasteiger partial charge < -0.3 is 8.98 Å². The molecule has 0 saturated heterocycles. The molecule has 0 atom stereocenters. The molecule has 0 aliphatic carbocycles. The van der Waals surface area contributed by atoms with E-state index in [0.717, 1.165) is 17.0 Å². The summed E-state index contributed by atoms with van der Waals surface area (Å²) in [6, 6.07) is 7.59. The van der Waals surface area contributed by atoms with Gasteiger partial charge in [0.05, 0.1) is 0 Å². The van der Waals surface area contributed by atoms with Gasteiger partial charge in [0, 0.05) is 12.2 Å². The van der Waals surface area contributed by atoms with Gasteiger partial charge in [-0.25, -0.2) is 9.97 Å². The van der Waals surface area contributed by atoms with Crippen LogP contribution in [0.1, 0.15) is 19.9 Å². The smallest absolute Gasteiger partial charge is 0.194 e. The average Bonchev–Trinajstić information content (AvgIpc) is 2.91. The Kier molecular flexibility index (Phi) is 2.59. The highest BCUT2D eigenvalue weighted by Crippen LogP contribution is 2.29. The summed E-state index contributed by atoms with van der Waals surface area (Å²) in [5.74, 6) is 1.41. The van der Waals surface area contributed by atoms with Crippen LogP contribution >= 0.6 is 11.6 Å². The molecular formula is C13H12ClN3O. The summed E-state index contributed by atoms with van der Waals surface area (Å²) in [6.07, 6.45) is 1.77. The Morgan fingerprint density at radius 1 is 1.28 bits per heavy atom. The van der Waals surface area contributed by atoms with Crippen LogP contribution in [0.25, 0.3) is 22.7 Å². The van der Waals surface area contributed by atoms with E-state index in [1.165, 1.54) is 0 Å². The van der Waals surface area contributed by atoms with E-state index in [2.05, 4.69) is 23.8 Å². The third-order valence-corrected chi connectivity index (χ3v) is 2.96. The van der Waals surface area contributed by atoms with E-state index in [4.69, 9.17) is 16.0 Å². The first-order valence-corrected chi connectivity index (χ1v) is 6.13. The van der Waals surface area contributed by atoms with E-state index in [-0.39, 0.29) is 6.04 Å². The monoisotopic (exact) mass is 261 g/mol. The molecular weight excluding hydrogens is 250 g/mol. The fourth-order valence-corrected chi connectivity index (χ4v) is 2.17. The maximum atomic E-state index is 5.82.